The number of hydrogen-bond acceptors (Lipinski definition) is 0. The maximum absolute atomic E-state index is 3.76. The molecule has 0 fully saturated rings. The Morgan fingerprint density at radius 2 is 2.08 bits per heavy atom. The van der Waals surface area contributed by atoms with Crippen LogP contribution in [0, 0.1) is 6.08 Å². The summed E-state index contributed by atoms with van der Waals surface area (Å²) in [7, 11) is 0. The molecule has 61 valence electrons. The standard InChI is InChI=1S/C12H13/c1-3-8-11(4-2)12-9-6-5-7-10-12/h4-7,9-10H,2-3H2,1H3. The molecule has 0 aromatic heterocycles. The minimum absolute atomic E-state index is 0.927. The van der Waals surface area contributed by atoms with Gasteiger partial charge in [0.05, 0.1) is 0 Å². The second kappa shape index (κ2) is 4.55. The van der Waals surface area contributed by atoms with Crippen LogP contribution in [0.4, 0.5) is 0 Å². The Hall–Kier alpha value is -1.30. The van der Waals surface area contributed by atoms with Gasteiger partial charge in [0.15, 0.2) is 0 Å². The normalized spacial score (nSPS) is 11.2. The van der Waals surface area contributed by atoms with E-state index in [-0.39, 0.29) is 0 Å². The van der Waals surface area contributed by atoms with Crippen molar-refractivity contribution in [2.45, 2.75) is 13.3 Å². The third-order valence-electron chi connectivity index (χ3n) is 1.66. The Morgan fingerprint density at radius 3 is 2.58 bits per heavy atom. The summed E-state index contributed by atoms with van der Waals surface area (Å²) in [6.07, 6.45) is 6.02. The van der Waals surface area contributed by atoms with Crippen LogP contribution >= 0.6 is 0 Å². The van der Waals surface area contributed by atoms with E-state index in [1.807, 2.05) is 24.3 Å². The number of rotatable bonds is 3. The summed E-state index contributed by atoms with van der Waals surface area (Å²) in [5.74, 6) is 0. The van der Waals surface area contributed by atoms with Gasteiger partial charge in [-0.1, -0.05) is 49.9 Å². The molecule has 0 saturated carbocycles. The number of hydrogen-bond donors (Lipinski definition) is 0. The summed E-state index contributed by atoms with van der Waals surface area (Å²) >= 11 is 0. The van der Waals surface area contributed by atoms with Crippen LogP contribution in [0.15, 0.2) is 43.0 Å². The quantitative estimate of drug-likeness (QED) is 0.589. The van der Waals surface area contributed by atoms with Gasteiger partial charge in [0.2, 0.25) is 0 Å². The van der Waals surface area contributed by atoms with Crippen molar-refractivity contribution in [3.05, 3.63) is 54.6 Å². The summed E-state index contributed by atoms with van der Waals surface area (Å²) < 4.78 is 0. The fourth-order valence-electron chi connectivity index (χ4n) is 1.10. The molecular formula is C12H13. The highest BCUT2D eigenvalue weighted by molar-refractivity contribution is 5.71. The molecule has 0 amide bonds. The zero-order valence-electron chi connectivity index (χ0n) is 7.38. The molecule has 1 aromatic rings. The lowest BCUT2D eigenvalue weighted by Crippen LogP contribution is -1.78. The van der Waals surface area contributed by atoms with Gasteiger partial charge in [-0.15, -0.1) is 0 Å². The maximum Gasteiger partial charge on any atom is -0.0155 e. The molecule has 0 heteroatoms. The van der Waals surface area contributed by atoms with E-state index in [1.54, 1.807) is 0 Å². The highest BCUT2D eigenvalue weighted by Crippen LogP contribution is 2.14. The van der Waals surface area contributed by atoms with E-state index in [0.717, 1.165) is 12.0 Å². The van der Waals surface area contributed by atoms with Gasteiger partial charge in [-0.05, 0) is 23.6 Å². The van der Waals surface area contributed by atoms with Gasteiger partial charge in [0.25, 0.3) is 0 Å². The van der Waals surface area contributed by atoms with Crippen LogP contribution in [0.1, 0.15) is 18.9 Å². The molecule has 12 heavy (non-hydrogen) atoms. The zero-order valence-corrected chi connectivity index (χ0v) is 7.38. The Morgan fingerprint density at radius 1 is 1.42 bits per heavy atom. The molecule has 0 atom stereocenters. The van der Waals surface area contributed by atoms with Gasteiger partial charge in [-0.3, -0.25) is 0 Å². The van der Waals surface area contributed by atoms with Crippen molar-refractivity contribution in [3.63, 3.8) is 0 Å². The Kier molecular flexibility index (Phi) is 3.34. The molecule has 1 rings (SSSR count). The van der Waals surface area contributed by atoms with Crippen molar-refractivity contribution < 1.29 is 0 Å². The lowest BCUT2D eigenvalue weighted by Gasteiger charge is -1.99. The Bertz CT molecular complexity index is 267. The van der Waals surface area contributed by atoms with Gasteiger partial charge in [0.1, 0.15) is 0 Å². The molecule has 0 N–H and O–H groups in total. The zero-order chi connectivity index (χ0) is 8.81. The van der Waals surface area contributed by atoms with Crippen molar-refractivity contribution in [1.29, 1.82) is 0 Å². The van der Waals surface area contributed by atoms with Crippen molar-refractivity contribution in [1.82, 2.24) is 0 Å². The molecule has 0 saturated heterocycles. The third kappa shape index (κ3) is 2.09. The number of benzene rings is 1. The first-order valence-corrected chi connectivity index (χ1v) is 4.17. The first kappa shape index (κ1) is 8.79. The average molecular weight is 157 g/mol. The SMILES string of the molecule is C=CC(=[C]CC)c1ccccc1. The van der Waals surface area contributed by atoms with Crippen LogP contribution in [0.2, 0.25) is 0 Å². The van der Waals surface area contributed by atoms with Crippen LogP contribution in [0.5, 0.6) is 0 Å². The van der Waals surface area contributed by atoms with Crippen molar-refractivity contribution in [2.24, 2.45) is 0 Å². The van der Waals surface area contributed by atoms with Gasteiger partial charge in [-0.25, -0.2) is 0 Å². The summed E-state index contributed by atoms with van der Waals surface area (Å²) in [6.45, 7) is 5.83. The molecule has 0 aliphatic rings. The first-order chi connectivity index (χ1) is 5.88. The molecule has 0 bridgehead atoms. The van der Waals surface area contributed by atoms with Gasteiger partial charge in [-0.2, -0.15) is 0 Å². The minimum atomic E-state index is 0.927. The Labute approximate surface area is 74.2 Å². The minimum Gasteiger partial charge on any atom is -0.0984 e. The highest BCUT2D eigenvalue weighted by Gasteiger charge is 1.93. The largest absolute Gasteiger partial charge is 0.0984 e. The Balaban J connectivity index is 2.96. The van der Waals surface area contributed by atoms with E-state index >= 15 is 0 Å². The van der Waals surface area contributed by atoms with E-state index in [4.69, 9.17) is 0 Å². The van der Waals surface area contributed by atoms with Gasteiger partial charge >= 0.3 is 0 Å². The molecule has 1 radical (unpaired) electrons. The summed E-state index contributed by atoms with van der Waals surface area (Å²) in [6, 6.07) is 10.2. The summed E-state index contributed by atoms with van der Waals surface area (Å²) in [5, 5.41) is 0. The predicted octanol–water partition coefficient (Wildman–Crippen LogP) is 3.47. The highest BCUT2D eigenvalue weighted by atomic mass is 14.0. The van der Waals surface area contributed by atoms with Crippen molar-refractivity contribution >= 4 is 5.57 Å². The fourth-order valence-corrected chi connectivity index (χ4v) is 1.10. The lowest BCUT2D eigenvalue weighted by molar-refractivity contribution is 1.19. The van der Waals surface area contributed by atoms with E-state index in [1.165, 1.54) is 5.56 Å². The molecule has 0 heterocycles. The monoisotopic (exact) mass is 157 g/mol. The number of allylic oxidation sites excluding steroid dienone is 3. The van der Waals surface area contributed by atoms with Crippen LogP contribution in [-0.4, -0.2) is 0 Å². The second-order valence-electron chi connectivity index (χ2n) is 2.51. The predicted molar refractivity (Wildman–Crippen MR) is 53.6 cm³/mol. The summed E-state index contributed by atoms with van der Waals surface area (Å²) in [5.41, 5.74) is 2.28. The van der Waals surface area contributed by atoms with E-state index in [9.17, 15) is 0 Å². The molecule has 0 unspecified atom stereocenters. The molecular weight excluding hydrogens is 144 g/mol. The molecule has 0 spiro atoms. The van der Waals surface area contributed by atoms with E-state index < -0.39 is 0 Å². The van der Waals surface area contributed by atoms with Gasteiger partial charge < -0.3 is 0 Å². The second-order valence-corrected chi connectivity index (χ2v) is 2.51. The van der Waals surface area contributed by atoms with Crippen LogP contribution in [0.25, 0.3) is 5.57 Å². The van der Waals surface area contributed by atoms with Crippen LogP contribution < -0.4 is 0 Å². The molecule has 0 aliphatic carbocycles. The summed E-state index contributed by atoms with van der Waals surface area (Å²) in [4.78, 5) is 0. The van der Waals surface area contributed by atoms with Crippen molar-refractivity contribution in [2.75, 3.05) is 0 Å². The first-order valence-electron chi connectivity index (χ1n) is 4.17. The molecule has 1 aromatic carbocycles. The van der Waals surface area contributed by atoms with Crippen molar-refractivity contribution in [3.8, 4) is 0 Å². The molecule has 0 nitrogen and oxygen atoms in total. The van der Waals surface area contributed by atoms with E-state index in [2.05, 4.69) is 31.7 Å². The topological polar surface area (TPSA) is 0 Å². The van der Waals surface area contributed by atoms with Crippen LogP contribution in [0.3, 0.4) is 0 Å². The fraction of sp³-hybridized carbons (Fsp3) is 0.167. The molecule has 0 aliphatic heterocycles. The third-order valence-corrected chi connectivity index (χ3v) is 1.66. The lowest BCUT2D eigenvalue weighted by atomic mass is 10.1. The average Bonchev–Trinajstić information content (AvgIpc) is 2.15. The smallest absolute Gasteiger partial charge is 0.0155 e. The van der Waals surface area contributed by atoms with E-state index in [0.29, 0.717) is 0 Å². The van der Waals surface area contributed by atoms with Crippen LogP contribution in [-0.2, 0) is 0 Å². The maximum atomic E-state index is 3.76. The van der Waals surface area contributed by atoms with Gasteiger partial charge in [0, 0.05) is 0 Å².